The third-order valence-corrected chi connectivity index (χ3v) is 4.28. The number of fused-ring (bicyclic) bond motifs is 1. The summed E-state index contributed by atoms with van der Waals surface area (Å²) in [4.78, 5) is 16.5. The zero-order valence-electron chi connectivity index (χ0n) is 15.0. The van der Waals surface area contributed by atoms with Crippen LogP contribution in [0.25, 0.3) is 11.0 Å². The number of alkyl carbamates (subject to hydrolysis) is 1. The molecule has 7 heteroatoms. The quantitative estimate of drug-likeness (QED) is 0.917. The molecule has 1 saturated carbocycles. The van der Waals surface area contributed by atoms with E-state index in [1.807, 2.05) is 25.3 Å². The zero-order chi connectivity index (χ0) is 18.2. The predicted octanol–water partition coefficient (Wildman–Crippen LogP) is 3.55. The largest absolute Gasteiger partial charge is 0.444 e. The first kappa shape index (κ1) is 17.7. The van der Waals surface area contributed by atoms with E-state index in [0.717, 1.165) is 18.4 Å². The van der Waals surface area contributed by atoms with Crippen molar-refractivity contribution in [1.29, 1.82) is 0 Å². The summed E-state index contributed by atoms with van der Waals surface area (Å²) in [7, 11) is 1.69. The molecule has 0 bridgehead atoms. The van der Waals surface area contributed by atoms with Gasteiger partial charge >= 0.3 is 6.09 Å². The maximum absolute atomic E-state index is 13.7. The van der Waals surface area contributed by atoms with Crippen molar-refractivity contribution in [3.05, 3.63) is 29.8 Å². The van der Waals surface area contributed by atoms with E-state index < -0.39 is 11.7 Å². The van der Waals surface area contributed by atoms with Crippen LogP contribution >= 0.6 is 0 Å². The van der Waals surface area contributed by atoms with Crippen molar-refractivity contribution in [2.75, 3.05) is 7.11 Å². The maximum atomic E-state index is 13.7. The van der Waals surface area contributed by atoms with Crippen LogP contribution in [0.2, 0.25) is 0 Å². The minimum Gasteiger partial charge on any atom is -0.444 e. The number of carbonyl (C=O) groups is 1. The van der Waals surface area contributed by atoms with E-state index in [0.29, 0.717) is 11.3 Å². The molecule has 0 saturated heterocycles. The van der Waals surface area contributed by atoms with Gasteiger partial charge in [-0.1, -0.05) is 0 Å². The Bertz CT molecular complexity index is 776. The van der Waals surface area contributed by atoms with Gasteiger partial charge < -0.3 is 19.4 Å². The first-order valence-electron chi connectivity index (χ1n) is 8.43. The second-order valence-corrected chi connectivity index (χ2v) is 7.37. The zero-order valence-corrected chi connectivity index (χ0v) is 15.0. The molecule has 0 aliphatic heterocycles. The highest BCUT2D eigenvalue weighted by atomic mass is 19.1. The van der Waals surface area contributed by atoms with Gasteiger partial charge in [0.1, 0.15) is 17.2 Å². The third-order valence-electron chi connectivity index (χ3n) is 4.28. The van der Waals surface area contributed by atoms with Gasteiger partial charge in [0.15, 0.2) is 0 Å². The fraction of sp³-hybridized carbons (Fsp3) is 0.556. The lowest BCUT2D eigenvalue weighted by Gasteiger charge is -2.36. The standard InChI is InChI=1S/C18H24FN3O3/c1-18(2,3)25-17(23)20-10-16-21-14-6-5-11(19)7-15(14)22(16)12-8-13(9-12)24-4/h5-7,12-13H,8-10H2,1-4H3,(H,20,23). The summed E-state index contributed by atoms with van der Waals surface area (Å²) in [6.45, 7) is 5.65. The number of rotatable bonds is 4. The molecule has 0 atom stereocenters. The van der Waals surface area contributed by atoms with E-state index >= 15 is 0 Å². The first-order chi connectivity index (χ1) is 11.8. The van der Waals surface area contributed by atoms with Crippen molar-refractivity contribution in [3.63, 3.8) is 0 Å². The van der Waals surface area contributed by atoms with Gasteiger partial charge in [-0.15, -0.1) is 0 Å². The number of methoxy groups -OCH3 is 1. The molecule has 1 aromatic heterocycles. The average Bonchev–Trinajstić information content (AvgIpc) is 2.80. The van der Waals surface area contributed by atoms with E-state index in [2.05, 4.69) is 10.3 Å². The van der Waals surface area contributed by atoms with E-state index in [-0.39, 0.29) is 24.5 Å². The molecule has 1 N–H and O–H groups in total. The van der Waals surface area contributed by atoms with Gasteiger partial charge in [0.2, 0.25) is 0 Å². The molecule has 3 rings (SSSR count). The average molecular weight is 349 g/mol. The van der Waals surface area contributed by atoms with Gasteiger partial charge in [-0.3, -0.25) is 0 Å². The number of imidazole rings is 1. The summed E-state index contributed by atoms with van der Waals surface area (Å²) in [5, 5.41) is 2.73. The van der Waals surface area contributed by atoms with Crippen molar-refractivity contribution in [3.8, 4) is 0 Å². The Balaban J connectivity index is 1.83. The molecule has 1 aromatic carbocycles. The Morgan fingerprint density at radius 1 is 1.40 bits per heavy atom. The molecule has 2 aromatic rings. The molecular weight excluding hydrogens is 325 g/mol. The van der Waals surface area contributed by atoms with E-state index in [1.165, 1.54) is 12.1 Å². The monoisotopic (exact) mass is 349 g/mol. The van der Waals surface area contributed by atoms with Gasteiger partial charge in [0.05, 0.1) is 23.7 Å². The van der Waals surface area contributed by atoms with E-state index in [1.54, 1.807) is 13.2 Å². The number of benzene rings is 1. The summed E-state index contributed by atoms with van der Waals surface area (Å²) < 4.78 is 26.3. The minimum atomic E-state index is -0.562. The molecule has 0 spiro atoms. The number of hydrogen-bond acceptors (Lipinski definition) is 4. The van der Waals surface area contributed by atoms with Crippen LogP contribution in [0.15, 0.2) is 18.2 Å². The van der Waals surface area contributed by atoms with Gasteiger partial charge in [-0.2, -0.15) is 0 Å². The molecule has 0 radical (unpaired) electrons. The molecule has 1 aliphatic rings. The van der Waals surface area contributed by atoms with Crippen LogP contribution in [-0.4, -0.2) is 34.5 Å². The molecule has 1 amide bonds. The third kappa shape index (κ3) is 3.92. The van der Waals surface area contributed by atoms with Gasteiger partial charge in [-0.25, -0.2) is 14.2 Å². The predicted molar refractivity (Wildman–Crippen MR) is 91.8 cm³/mol. The van der Waals surface area contributed by atoms with Crippen LogP contribution in [0.5, 0.6) is 0 Å². The van der Waals surface area contributed by atoms with Crippen molar-refractivity contribution < 1.29 is 18.7 Å². The van der Waals surface area contributed by atoms with E-state index in [4.69, 9.17) is 9.47 Å². The maximum Gasteiger partial charge on any atom is 0.408 e. The topological polar surface area (TPSA) is 65.4 Å². The summed E-state index contributed by atoms with van der Waals surface area (Å²) in [6.07, 6.45) is 1.40. The lowest BCUT2D eigenvalue weighted by molar-refractivity contribution is 0.00636. The SMILES string of the molecule is COC1CC(n2c(CNC(=O)OC(C)(C)C)nc3ccc(F)cc32)C1. The first-order valence-corrected chi connectivity index (χ1v) is 8.43. The van der Waals surface area contributed by atoms with Crippen LogP contribution in [0.4, 0.5) is 9.18 Å². The highest BCUT2D eigenvalue weighted by Gasteiger charge is 2.33. The van der Waals surface area contributed by atoms with Gasteiger partial charge in [0, 0.05) is 13.2 Å². The lowest BCUT2D eigenvalue weighted by Crippen LogP contribution is -2.35. The number of ether oxygens (including phenoxy) is 2. The number of nitrogens with one attached hydrogen (secondary N) is 1. The Morgan fingerprint density at radius 2 is 2.12 bits per heavy atom. The number of halogens is 1. The Labute approximate surface area is 146 Å². The van der Waals surface area contributed by atoms with Crippen molar-refractivity contribution in [2.24, 2.45) is 0 Å². The van der Waals surface area contributed by atoms with Crippen LogP contribution in [-0.2, 0) is 16.0 Å². The van der Waals surface area contributed by atoms with Gasteiger partial charge in [-0.05, 0) is 51.8 Å². The Morgan fingerprint density at radius 3 is 2.76 bits per heavy atom. The molecule has 1 aliphatic carbocycles. The molecule has 1 heterocycles. The molecular formula is C18H24FN3O3. The molecule has 25 heavy (non-hydrogen) atoms. The van der Waals surface area contributed by atoms with Crippen LogP contribution in [0, 0.1) is 5.82 Å². The molecule has 1 fully saturated rings. The second kappa shape index (κ2) is 6.63. The summed E-state index contributed by atoms with van der Waals surface area (Å²) in [5.74, 6) is 0.383. The number of nitrogens with zero attached hydrogens (tertiary/aromatic N) is 2. The number of aromatic nitrogens is 2. The highest BCUT2D eigenvalue weighted by molar-refractivity contribution is 5.76. The minimum absolute atomic E-state index is 0.187. The molecule has 136 valence electrons. The smallest absolute Gasteiger partial charge is 0.408 e. The normalized spacial score (nSPS) is 20.4. The number of amides is 1. The second-order valence-electron chi connectivity index (χ2n) is 7.37. The van der Waals surface area contributed by atoms with Gasteiger partial charge in [0.25, 0.3) is 0 Å². The highest BCUT2D eigenvalue weighted by Crippen LogP contribution is 2.37. The fourth-order valence-corrected chi connectivity index (χ4v) is 3.05. The molecule has 0 unspecified atom stereocenters. The summed E-state index contributed by atoms with van der Waals surface area (Å²) in [5.41, 5.74) is 0.885. The Hall–Kier alpha value is -2.15. The summed E-state index contributed by atoms with van der Waals surface area (Å²) in [6, 6.07) is 4.72. The molecule has 6 nitrogen and oxygen atoms in total. The van der Waals surface area contributed by atoms with Crippen LogP contribution in [0.1, 0.15) is 45.5 Å². The van der Waals surface area contributed by atoms with Crippen molar-refractivity contribution in [2.45, 2.75) is 57.9 Å². The summed E-state index contributed by atoms with van der Waals surface area (Å²) >= 11 is 0. The van der Waals surface area contributed by atoms with Crippen LogP contribution in [0.3, 0.4) is 0 Å². The number of hydrogen-bond donors (Lipinski definition) is 1. The van der Waals surface area contributed by atoms with E-state index in [9.17, 15) is 9.18 Å². The van der Waals surface area contributed by atoms with Crippen molar-refractivity contribution >= 4 is 17.1 Å². The lowest BCUT2D eigenvalue weighted by atomic mass is 9.88. The van der Waals surface area contributed by atoms with Crippen LogP contribution < -0.4 is 5.32 Å². The number of carbonyl (C=O) groups excluding carboxylic acids is 1. The Kier molecular flexibility index (Phi) is 4.69. The fourth-order valence-electron chi connectivity index (χ4n) is 3.05. The van der Waals surface area contributed by atoms with Crippen molar-refractivity contribution in [1.82, 2.24) is 14.9 Å².